The predicted molar refractivity (Wildman–Crippen MR) is 83.3 cm³/mol. The maximum Gasteiger partial charge on any atom is 0.263 e. The Hall–Kier alpha value is -1.31. The first-order valence-electron chi connectivity index (χ1n) is 5.49. The van der Waals surface area contributed by atoms with Crippen molar-refractivity contribution in [2.75, 3.05) is 10.5 Å². The van der Waals surface area contributed by atoms with Crippen LogP contribution in [0.25, 0.3) is 0 Å². The summed E-state index contributed by atoms with van der Waals surface area (Å²) >= 11 is 8.96. The van der Waals surface area contributed by atoms with Crippen molar-refractivity contribution in [2.24, 2.45) is 0 Å². The lowest BCUT2D eigenvalue weighted by Crippen LogP contribution is -2.15. The molecule has 2 rings (SSSR count). The Morgan fingerprint density at radius 1 is 1.35 bits per heavy atom. The highest BCUT2D eigenvalue weighted by Crippen LogP contribution is 2.27. The van der Waals surface area contributed by atoms with Gasteiger partial charge >= 0.3 is 0 Å². The molecular formula is C12H11BrClN3O2S. The molecule has 0 aliphatic heterocycles. The zero-order valence-corrected chi connectivity index (χ0v) is 13.6. The highest BCUT2D eigenvalue weighted by molar-refractivity contribution is 9.10. The topological polar surface area (TPSA) is 85.1 Å². The maximum atomic E-state index is 12.3. The van der Waals surface area contributed by atoms with Crippen molar-refractivity contribution in [3.8, 4) is 0 Å². The van der Waals surface area contributed by atoms with E-state index in [9.17, 15) is 8.42 Å². The fraction of sp³-hybridized carbons (Fsp3) is 0.0833. The number of hydrogen-bond donors (Lipinski definition) is 2. The first kappa shape index (κ1) is 15.1. The summed E-state index contributed by atoms with van der Waals surface area (Å²) < 4.78 is 27.7. The van der Waals surface area contributed by atoms with Crippen LogP contribution in [0.15, 0.2) is 39.8 Å². The third kappa shape index (κ3) is 3.23. The van der Waals surface area contributed by atoms with Crippen LogP contribution >= 0.6 is 27.5 Å². The van der Waals surface area contributed by atoms with Crippen LogP contribution in [0.3, 0.4) is 0 Å². The highest BCUT2D eigenvalue weighted by Gasteiger charge is 2.19. The van der Waals surface area contributed by atoms with Gasteiger partial charge in [0.2, 0.25) is 0 Å². The van der Waals surface area contributed by atoms with Gasteiger partial charge in [0.25, 0.3) is 10.0 Å². The lowest BCUT2D eigenvalue weighted by molar-refractivity contribution is 0.600. The van der Waals surface area contributed by atoms with E-state index in [0.717, 1.165) is 0 Å². The molecule has 8 heteroatoms. The normalized spacial score (nSPS) is 11.3. The number of nitrogens with one attached hydrogen (secondary N) is 1. The van der Waals surface area contributed by atoms with Crippen LogP contribution in [0.4, 0.5) is 11.5 Å². The molecule has 2 aromatic rings. The molecule has 0 aliphatic rings. The smallest absolute Gasteiger partial charge is 0.263 e. The molecule has 0 amide bonds. The van der Waals surface area contributed by atoms with E-state index in [1.807, 2.05) is 0 Å². The molecular weight excluding hydrogens is 366 g/mol. The lowest BCUT2D eigenvalue weighted by atomic mass is 10.2. The van der Waals surface area contributed by atoms with E-state index in [1.165, 1.54) is 18.3 Å². The van der Waals surface area contributed by atoms with Crippen LogP contribution in [-0.4, -0.2) is 13.4 Å². The average molecular weight is 377 g/mol. The van der Waals surface area contributed by atoms with Crippen molar-refractivity contribution in [2.45, 2.75) is 11.8 Å². The second kappa shape index (κ2) is 5.59. The van der Waals surface area contributed by atoms with Crippen molar-refractivity contribution >= 4 is 49.1 Å². The Balaban J connectivity index is 2.40. The van der Waals surface area contributed by atoms with Gasteiger partial charge in [-0.15, -0.1) is 0 Å². The van der Waals surface area contributed by atoms with E-state index in [4.69, 9.17) is 17.3 Å². The summed E-state index contributed by atoms with van der Waals surface area (Å²) in [5.74, 6) is 0.190. The van der Waals surface area contributed by atoms with E-state index < -0.39 is 10.0 Å². The van der Waals surface area contributed by atoms with Crippen LogP contribution in [0.2, 0.25) is 5.02 Å². The minimum absolute atomic E-state index is 0.106. The quantitative estimate of drug-likeness (QED) is 0.806. The third-order valence-electron chi connectivity index (χ3n) is 2.55. The zero-order valence-electron chi connectivity index (χ0n) is 10.4. The van der Waals surface area contributed by atoms with Gasteiger partial charge in [-0.25, -0.2) is 13.4 Å². The predicted octanol–water partition coefficient (Wildman–Crippen LogP) is 3.19. The Morgan fingerprint density at radius 3 is 2.65 bits per heavy atom. The third-order valence-corrected chi connectivity index (χ3v) is 4.96. The number of nitrogen functional groups attached to an aromatic ring is 1. The van der Waals surface area contributed by atoms with Crippen LogP contribution in [0.5, 0.6) is 0 Å². The molecule has 1 aromatic carbocycles. The van der Waals surface area contributed by atoms with E-state index in [-0.39, 0.29) is 10.7 Å². The number of aryl methyl sites for hydroxylation is 1. The number of nitrogens with zero attached hydrogens (tertiary/aromatic N) is 1. The number of hydrogen-bond acceptors (Lipinski definition) is 4. The Labute approximate surface area is 130 Å². The van der Waals surface area contributed by atoms with Gasteiger partial charge in [-0.2, -0.15) is 0 Å². The van der Waals surface area contributed by atoms with Crippen molar-refractivity contribution in [1.82, 2.24) is 4.98 Å². The van der Waals surface area contributed by atoms with Crippen LogP contribution in [-0.2, 0) is 10.0 Å². The fourth-order valence-corrected chi connectivity index (χ4v) is 3.43. The molecule has 0 saturated heterocycles. The first-order chi connectivity index (χ1) is 9.29. The molecule has 106 valence electrons. The standard InChI is InChI=1S/C12H11BrClN3O2S/c1-7-4-9(13)10(15)5-11(7)20(18,19)17-12-3-2-8(14)6-16-12/h2-6H,15H2,1H3,(H,16,17). The molecule has 1 aromatic heterocycles. The van der Waals surface area contributed by atoms with Crippen LogP contribution < -0.4 is 10.5 Å². The number of benzene rings is 1. The van der Waals surface area contributed by atoms with Gasteiger partial charge in [0.15, 0.2) is 0 Å². The lowest BCUT2D eigenvalue weighted by Gasteiger charge is -2.11. The molecule has 1 heterocycles. The average Bonchev–Trinajstić information content (AvgIpc) is 2.36. The minimum Gasteiger partial charge on any atom is -0.398 e. The Morgan fingerprint density at radius 2 is 2.05 bits per heavy atom. The minimum atomic E-state index is -3.75. The molecule has 0 aliphatic carbocycles. The summed E-state index contributed by atoms with van der Waals surface area (Å²) in [6.45, 7) is 1.69. The monoisotopic (exact) mass is 375 g/mol. The molecule has 0 spiro atoms. The van der Waals surface area contributed by atoms with E-state index in [0.29, 0.717) is 20.7 Å². The van der Waals surface area contributed by atoms with Gasteiger partial charge in [0.05, 0.1) is 9.92 Å². The zero-order chi connectivity index (χ0) is 14.9. The van der Waals surface area contributed by atoms with Gasteiger partial charge in [-0.05, 0) is 52.7 Å². The largest absolute Gasteiger partial charge is 0.398 e. The second-order valence-electron chi connectivity index (χ2n) is 4.11. The van der Waals surface area contributed by atoms with Crippen molar-refractivity contribution in [1.29, 1.82) is 0 Å². The van der Waals surface area contributed by atoms with E-state index in [2.05, 4.69) is 25.6 Å². The van der Waals surface area contributed by atoms with Gasteiger partial charge < -0.3 is 5.73 Å². The number of pyridine rings is 1. The van der Waals surface area contributed by atoms with Crippen molar-refractivity contribution in [3.05, 3.63) is 45.5 Å². The van der Waals surface area contributed by atoms with Crippen LogP contribution in [0, 0.1) is 6.92 Å². The molecule has 0 bridgehead atoms. The summed E-state index contributed by atoms with van der Waals surface area (Å²) in [4.78, 5) is 4.00. The first-order valence-corrected chi connectivity index (χ1v) is 8.15. The Bertz CT molecular complexity index is 748. The molecule has 0 fully saturated rings. The van der Waals surface area contributed by atoms with Gasteiger partial charge in [-0.1, -0.05) is 11.6 Å². The number of aromatic nitrogens is 1. The van der Waals surface area contributed by atoms with Gasteiger partial charge in [0.1, 0.15) is 5.82 Å². The van der Waals surface area contributed by atoms with E-state index >= 15 is 0 Å². The SMILES string of the molecule is Cc1cc(Br)c(N)cc1S(=O)(=O)Nc1ccc(Cl)cn1. The molecule has 0 saturated carbocycles. The molecule has 20 heavy (non-hydrogen) atoms. The van der Waals surface area contributed by atoms with Crippen molar-refractivity contribution < 1.29 is 8.42 Å². The molecule has 3 N–H and O–H groups in total. The summed E-state index contributed by atoms with van der Waals surface area (Å²) in [7, 11) is -3.75. The maximum absolute atomic E-state index is 12.3. The number of anilines is 2. The summed E-state index contributed by atoms with van der Waals surface area (Å²) in [6, 6.07) is 6.09. The fourth-order valence-electron chi connectivity index (χ4n) is 1.59. The summed E-state index contributed by atoms with van der Waals surface area (Å²) in [5.41, 5.74) is 6.65. The van der Waals surface area contributed by atoms with Gasteiger partial charge in [0, 0.05) is 16.4 Å². The Kier molecular flexibility index (Phi) is 4.22. The molecule has 0 atom stereocenters. The highest BCUT2D eigenvalue weighted by atomic mass is 79.9. The molecule has 0 radical (unpaired) electrons. The number of rotatable bonds is 3. The summed E-state index contributed by atoms with van der Waals surface area (Å²) in [6.07, 6.45) is 1.36. The molecule has 0 unspecified atom stereocenters. The van der Waals surface area contributed by atoms with E-state index in [1.54, 1.807) is 19.1 Å². The van der Waals surface area contributed by atoms with Crippen molar-refractivity contribution in [3.63, 3.8) is 0 Å². The second-order valence-corrected chi connectivity index (χ2v) is 7.05. The molecule has 5 nitrogen and oxygen atoms in total. The number of sulfonamides is 1. The van der Waals surface area contributed by atoms with Gasteiger partial charge in [-0.3, -0.25) is 4.72 Å². The summed E-state index contributed by atoms with van der Waals surface area (Å²) in [5, 5.41) is 0.428. The number of halogens is 2. The van der Waals surface area contributed by atoms with Crippen LogP contribution in [0.1, 0.15) is 5.56 Å². The number of nitrogens with two attached hydrogens (primary N) is 1.